The molecule has 1 amide bonds. The summed E-state index contributed by atoms with van der Waals surface area (Å²) >= 11 is 0. The highest BCUT2D eigenvalue weighted by molar-refractivity contribution is 5.94. The molecule has 2 rings (SSSR count). The van der Waals surface area contributed by atoms with Gasteiger partial charge in [0.25, 0.3) is 0 Å². The molecule has 0 radical (unpaired) electrons. The number of benzene rings is 1. The number of methoxy groups -OCH3 is 1. The lowest BCUT2D eigenvalue weighted by Gasteiger charge is -2.09. The molecule has 0 atom stereocenters. The van der Waals surface area contributed by atoms with Crippen LogP contribution in [-0.4, -0.2) is 31.2 Å². The average molecular weight is 290 g/mol. The standard InChI is InChI=1S/C15H18N2O4/c1-3-21-9-15(19)16-11-4-5-12-10(8-20-2)6-14(18)17-13(12)7-11/h4-7H,3,8-9H2,1-2H3,(H,16,19)(H,17,18). The highest BCUT2D eigenvalue weighted by Crippen LogP contribution is 2.20. The van der Waals surface area contributed by atoms with Crippen molar-refractivity contribution in [2.24, 2.45) is 0 Å². The normalized spacial score (nSPS) is 10.8. The maximum absolute atomic E-state index is 11.6. The fraction of sp³-hybridized carbons (Fsp3) is 0.333. The third-order valence-electron chi connectivity index (χ3n) is 2.95. The van der Waals surface area contributed by atoms with Crippen LogP contribution in [0, 0.1) is 0 Å². The maximum Gasteiger partial charge on any atom is 0.250 e. The van der Waals surface area contributed by atoms with Crippen molar-refractivity contribution in [3.05, 3.63) is 40.2 Å². The predicted molar refractivity (Wildman–Crippen MR) is 80.4 cm³/mol. The van der Waals surface area contributed by atoms with Gasteiger partial charge in [-0.3, -0.25) is 9.59 Å². The summed E-state index contributed by atoms with van der Waals surface area (Å²) in [7, 11) is 1.58. The minimum atomic E-state index is -0.230. The lowest BCUT2D eigenvalue weighted by molar-refractivity contribution is -0.120. The van der Waals surface area contributed by atoms with Crippen LogP contribution < -0.4 is 10.9 Å². The van der Waals surface area contributed by atoms with Crippen molar-refractivity contribution in [2.45, 2.75) is 13.5 Å². The van der Waals surface area contributed by atoms with E-state index in [1.807, 2.05) is 13.0 Å². The number of nitrogens with one attached hydrogen (secondary N) is 2. The van der Waals surface area contributed by atoms with Crippen LogP contribution in [0.1, 0.15) is 12.5 Å². The van der Waals surface area contributed by atoms with Gasteiger partial charge in [-0.05, 0) is 24.6 Å². The van der Waals surface area contributed by atoms with Crippen LogP contribution in [0.15, 0.2) is 29.1 Å². The first kappa shape index (κ1) is 15.2. The monoisotopic (exact) mass is 290 g/mol. The fourth-order valence-electron chi connectivity index (χ4n) is 2.08. The first-order chi connectivity index (χ1) is 10.1. The first-order valence-electron chi connectivity index (χ1n) is 6.66. The Balaban J connectivity index is 2.29. The number of amides is 1. The quantitative estimate of drug-likeness (QED) is 0.847. The summed E-state index contributed by atoms with van der Waals surface area (Å²) in [6.07, 6.45) is 0. The Morgan fingerprint density at radius 1 is 1.33 bits per heavy atom. The van der Waals surface area contributed by atoms with Crippen LogP contribution in [-0.2, 0) is 20.9 Å². The van der Waals surface area contributed by atoms with Gasteiger partial charge in [-0.25, -0.2) is 0 Å². The Morgan fingerprint density at radius 2 is 2.14 bits per heavy atom. The van der Waals surface area contributed by atoms with Crippen LogP contribution in [0.4, 0.5) is 5.69 Å². The molecule has 0 saturated heterocycles. The number of rotatable bonds is 6. The number of hydrogen-bond donors (Lipinski definition) is 2. The summed E-state index contributed by atoms with van der Waals surface area (Å²) in [6, 6.07) is 6.86. The van der Waals surface area contributed by atoms with Crippen LogP contribution in [0.25, 0.3) is 10.9 Å². The number of H-pyrrole nitrogens is 1. The molecule has 1 aromatic heterocycles. The third-order valence-corrected chi connectivity index (χ3v) is 2.95. The van der Waals surface area contributed by atoms with Gasteiger partial charge in [-0.15, -0.1) is 0 Å². The molecule has 2 aromatic rings. The van der Waals surface area contributed by atoms with Crippen LogP contribution in [0.2, 0.25) is 0 Å². The second-order valence-electron chi connectivity index (χ2n) is 4.54. The van der Waals surface area contributed by atoms with Gasteiger partial charge in [0.15, 0.2) is 0 Å². The lowest BCUT2D eigenvalue weighted by Crippen LogP contribution is -2.18. The number of pyridine rings is 1. The number of ether oxygens (including phenoxy) is 2. The van der Waals surface area contributed by atoms with E-state index in [0.29, 0.717) is 24.4 Å². The molecule has 0 aliphatic heterocycles. The zero-order valence-corrected chi connectivity index (χ0v) is 12.1. The van der Waals surface area contributed by atoms with Crippen molar-refractivity contribution in [1.82, 2.24) is 4.98 Å². The molecule has 112 valence electrons. The second kappa shape index (κ2) is 7.01. The largest absolute Gasteiger partial charge is 0.380 e. The minimum absolute atomic E-state index is 0.00870. The first-order valence-corrected chi connectivity index (χ1v) is 6.66. The van der Waals surface area contributed by atoms with E-state index in [0.717, 1.165) is 10.9 Å². The van der Waals surface area contributed by atoms with E-state index in [2.05, 4.69) is 10.3 Å². The molecule has 0 bridgehead atoms. The van der Waals surface area contributed by atoms with Crippen molar-refractivity contribution in [3.8, 4) is 0 Å². The average Bonchev–Trinajstić information content (AvgIpc) is 2.45. The van der Waals surface area contributed by atoms with Crippen LogP contribution in [0.3, 0.4) is 0 Å². The molecule has 6 nitrogen and oxygen atoms in total. The number of aromatic nitrogens is 1. The number of fused-ring (bicyclic) bond motifs is 1. The van der Waals surface area contributed by atoms with Crippen molar-refractivity contribution in [1.29, 1.82) is 0 Å². The number of carbonyl (C=O) groups is 1. The highest BCUT2D eigenvalue weighted by Gasteiger charge is 2.06. The fourth-order valence-corrected chi connectivity index (χ4v) is 2.08. The zero-order valence-electron chi connectivity index (χ0n) is 12.1. The van der Waals surface area contributed by atoms with Gasteiger partial charge in [0.1, 0.15) is 6.61 Å². The molecule has 0 saturated carbocycles. The second-order valence-corrected chi connectivity index (χ2v) is 4.54. The van der Waals surface area contributed by atoms with Gasteiger partial charge >= 0.3 is 0 Å². The highest BCUT2D eigenvalue weighted by atomic mass is 16.5. The van der Waals surface area contributed by atoms with Gasteiger partial charge in [-0.1, -0.05) is 6.07 Å². The molecular weight excluding hydrogens is 272 g/mol. The van der Waals surface area contributed by atoms with E-state index in [9.17, 15) is 9.59 Å². The molecular formula is C15H18N2O4. The van der Waals surface area contributed by atoms with Gasteiger partial charge in [-0.2, -0.15) is 0 Å². The van der Waals surface area contributed by atoms with E-state index in [1.54, 1.807) is 19.2 Å². The van der Waals surface area contributed by atoms with Crippen LogP contribution >= 0.6 is 0 Å². The van der Waals surface area contributed by atoms with Gasteiger partial charge in [0.05, 0.1) is 12.1 Å². The van der Waals surface area contributed by atoms with Crippen molar-refractivity contribution in [2.75, 3.05) is 25.6 Å². The Morgan fingerprint density at radius 3 is 2.86 bits per heavy atom. The Labute approximate surface area is 122 Å². The van der Waals surface area contributed by atoms with E-state index < -0.39 is 0 Å². The van der Waals surface area contributed by atoms with E-state index in [1.165, 1.54) is 6.07 Å². The molecule has 21 heavy (non-hydrogen) atoms. The lowest BCUT2D eigenvalue weighted by atomic mass is 10.1. The Hall–Kier alpha value is -2.18. The SMILES string of the molecule is CCOCC(=O)Nc1ccc2c(COC)cc(=O)[nH]c2c1. The van der Waals surface area contributed by atoms with E-state index in [4.69, 9.17) is 9.47 Å². The summed E-state index contributed by atoms with van der Waals surface area (Å²) in [4.78, 5) is 26.0. The van der Waals surface area contributed by atoms with Gasteiger partial charge in [0.2, 0.25) is 11.5 Å². The summed E-state index contributed by atoms with van der Waals surface area (Å²) in [5.41, 5.74) is 1.87. The summed E-state index contributed by atoms with van der Waals surface area (Å²) < 4.78 is 10.1. The molecule has 1 aromatic carbocycles. The maximum atomic E-state index is 11.6. The molecule has 1 heterocycles. The number of hydrogen-bond acceptors (Lipinski definition) is 4. The van der Waals surface area contributed by atoms with E-state index in [-0.39, 0.29) is 18.1 Å². The zero-order chi connectivity index (χ0) is 15.2. The van der Waals surface area contributed by atoms with Crippen molar-refractivity contribution in [3.63, 3.8) is 0 Å². The molecule has 2 N–H and O–H groups in total. The number of carbonyl (C=O) groups excluding carboxylic acids is 1. The summed E-state index contributed by atoms with van der Waals surface area (Å²) in [6.45, 7) is 2.68. The van der Waals surface area contributed by atoms with Crippen LogP contribution in [0.5, 0.6) is 0 Å². The minimum Gasteiger partial charge on any atom is -0.380 e. The molecule has 0 aliphatic rings. The smallest absolute Gasteiger partial charge is 0.250 e. The van der Waals surface area contributed by atoms with E-state index >= 15 is 0 Å². The molecule has 0 fully saturated rings. The number of aromatic amines is 1. The molecule has 0 aliphatic carbocycles. The third kappa shape index (κ3) is 3.90. The topological polar surface area (TPSA) is 80.4 Å². The summed E-state index contributed by atoms with van der Waals surface area (Å²) in [5, 5.41) is 3.61. The number of anilines is 1. The molecule has 0 unspecified atom stereocenters. The Kier molecular flexibility index (Phi) is 5.08. The van der Waals surface area contributed by atoms with Gasteiger partial charge < -0.3 is 19.8 Å². The van der Waals surface area contributed by atoms with Gasteiger partial charge in [0, 0.05) is 30.9 Å². The summed E-state index contributed by atoms with van der Waals surface area (Å²) in [5.74, 6) is -0.230. The van der Waals surface area contributed by atoms with Crippen molar-refractivity contribution >= 4 is 22.5 Å². The Bertz CT molecular complexity index is 694. The molecule has 0 spiro atoms. The van der Waals surface area contributed by atoms with Crippen molar-refractivity contribution < 1.29 is 14.3 Å². The predicted octanol–water partition coefficient (Wildman–Crippen LogP) is 1.65. The molecule has 6 heteroatoms.